The zero-order chi connectivity index (χ0) is 23.6. The van der Waals surface area contributed by atoms with Crippen molar-refractivity contribution in [3.8, 4) is 11.3 Å². The number of anilines is 1. The number of amides is 1. The molecule has 4 rings (SSSR count). The molecule has 0 unspecified atom stereocenters. The van der Waals surface area contributed by atoms with Gasteiger partial charge in [-0.2, -0.15) is 4.31 Å². The number of carbonyl (C=O) groups excluding carboxylic acids is 1. The number of hydrogen-bond donors (Lipinski definition) is 1. The van der Waals surface area contributed by atoms with E-state index in [-0.39, 0.29) is 11.8 Å². The maximum Gasteiger partial charge on any atom is 0.243 e. The number of piperidine rings is 1. The van der Waals surface area contributed by atoms with Crippen LogP contribution >= 0.6 is 23.1 Å². The van der Waals surface area contributed by atoms with Crippen LogP contribution in [0.2, 0.25) is 0 Å². The molecule has 33 heavy (non-hydrogen) atoms. The van der Waals surface area contributed by atoms with Crippen molar-refractivity contribution < 1.29 is 13.2 Å². The summed E-state index contributed by atoms with van der Waals surface area (Å²) in [5, 5.41) is 5.45. The van der Waals surface area contributed by atoms with Crippen molar-refractivity contribution in [1.82, 2.24) is 9.29 Å². The summed E-state index contributed by atoms with van der Waals surface area (Å²) < 4.78 is 27.4. The topological polar surface area (TPSA) is 79.4 Å². The number of thioether (sulfide) groups is 1. The molecule has 1 aromatic heterocycles. The fraction of sp³-hybridized carbons (Fsp3) is 0.333. The highest BCUT2D eigenvalue weighted by molar-refractivity contribution is 7.98. The summed E-state index contributed by atoms with van der Waals surface area (Å²) in [6.45, 7) is 4.77. The third-order valence-electron chi connectivity index (χ3n) is 5.91. The number of sulfonamides is 1. The Morgan fingerprint density at radius 3 is 2.45 bits per heavy atom. The molecule has 1 aliphatic heterocycles. The lowest BCUT2D eigenvalue weighted by atomic mass is 9.97. The van der Waals surface area contributed by atoms with Gasteiger partial charge in [0.1, 0.15) is 0 Å². The number of benzene rings is 2. The van der Waals surface area contributed by atoms with Crippen LogP contribution in [0.3, 0.4) is 0 Å². The number of carbonyl (C=O) groups is 1. The molecule has 2 aromatic carbocycles. The molecule has 0 spiro atoms. The highest BCUT2D eigenvalue weighted by Gasteiger charge is 2.32. The van der Waals surface area contributed by atoms with Gasteiger partial charge in [0.25, 0.3) is 0 Å². The van der Waals surface area contributed by atoms with Crippen LogP contribution in [0.1, 0.15) is 24.0 Å². The second-order valence-electron chi connectivity index (χ2n) is 8.20. The average molecular weight is 502 g/mol. The first-order valence-electron chi connectivity index (χ1n) is 10.8. The third kappa shape index (κ3) is 5.32. The number of aromatic nitrogens is 1. The summed E-state index contributed by atoms with van der Waals surface area (Å²) in [5.41, 5.74) is 4.25. The van der Waals surface area contributed by atoms with Gasteiger partial charge in [0, 0.05) is 34.8 Å². The van der Waals surface area contributed by atoms with Crippen molar-refractivity contribution >= 4 is 44.2 Å². The summed E-state index contributed by atoms with van der Waals surface area (Å²) in [7, 11) is -3.55. The summed E-state index contributed by atoms with van der Waals surface area (Å²) >= 11 is 2.98. The zero-order valence-electron chi connectivity index (χ0n) is 18.9. The van der Waals surface area contributed by atoms with E-state index in [9.17, 15) is 13.2 Å². The minimum absolute atomic E-state index is 0.0992. The second kappa shape index (κ2) is 9.97. The molecule has 0 bridgehead atoms. The minimum atomic E-state index is -3.55. The molecule has 1 amide bonds. The summed E-state index contributed by atoms with van der Waals surface area (Å²) in [6, 6.07) is 13.2. The van der Waals surface area contributed by atoms with Gasteiger partial charge in [0.2, 0.25) is 15.9 Å². The Morgan fingerprint density at radius 2 is 1.82 bits per heavy atom. The van der Waals surface area contributed by atoms with Crippen molar-refractivity contribution in [1.29, 1.82) is 0 Å². The molecule has 0 atom stereocenters. The van der Waals surface area contributed by atoms with E-state index >= 15 is 0 Å². The number of thiazole rings is 1. The van der Waals surface area contributed by atoms with Crippen LogP contribution in [0.25, 0.3) is 11.3 Å². The van der Waals surface area contributed by atoms with Crippen molar-refractivity contribution in [3.63, 3.8) is 0 Å². The molecule has 6 nitrogen and oxygen atoms in total. The van der Waals surface area contributed by atoms with Gasteiger partial charge in [0.15, 0.2) is 5.13 Å². The fourth-order valence-corrected chi connectivity index (χ4v) is 6.61. The Hall–Kier alpha value is -2.20. The monoisotopic (exact) mass is 501 g/mol. The van der Waals surface area contributed by atoms with E-state index in [1.807, 2.05) is 23.8 Å². The van der Waals surface area contributed by atoms with Gasteiger partial charge in [0.05, 0.1) is 10.6 Å². The van der Waals surface area contributed by atoms with Crippen LogP contribution in [0, 0.1) is 19.8 Å². The SMILES string of the molecule is CSc1ccc(S(=O)(=O)N2CCC(C(=O)Nc3nc(-c4ccc(C)cc4C)cs3)CC2)cc1. The normalized spacial score (nSPS) is 15.5. The van der Waals surface area contributed by atoms with Gasteiger partial charge in [-0.3, -0.25) is 4.79 Å². The van der Waals surface area contributed by atoms with Gasteiger partial charge >= 0.3 is 0 Å². The van der Waals surface area contributed by atoms with Crippen LogP contribution in [-0.4, -0.2) is 43.0 Å². The van der Waals surface area contributed by atoms with E-state index in [0.29, 0.717) is 36.0 Å². The molecule has 0 aliphatic carbocycles. The smallest absolute Gasteiger partial charge is 0.243 e. The summed E-state index contributed by atoms with van der Waals surface area (Å²) in [5.74, 6) is -0.332. The van der Waals surface area contributed by atoms with Gasteiger partial charge in [-0.25, -0.2) is 13.4 Å². The van der Waals surface area contributed by atoms with Crippen molar-refractivity contribution in [2.24, 2.45) is 5.92 Å². The molecule has 1 saturated heterocycles. The Kier molecular flexibility index (Phi) is 7.23. The van der Waals surface area contributed by atoms with Gasteiger partial charge in [-0.1, -0.05) is 23.8 Å². The van der Waals surface area contributed by atoms with Crippen LogP contribution in [0.5, 0.6) is 0 Å². The number of hydrogen-bond acceptors (Lipinski definition) is 6. The van der Waals surface area contributed by atoms with E-state index in [1.165, 1.54) is 21.2 Å². The van der Waals surface area contributed by atoms with E-state index in [1.54, 1.807) is 23.9 Å². The Labute approximate surface area is 203 Å². The lowest BCUT2D eigenvalue weighted by Crippen LogP contribution is -2.41. The molecule has 1 aliphatic rings. The Morgan fingerprint density at radius 1 is 1.12 bits per heavy atom. The first-order chi connectivity index (χ1) is 15.8. The van der Waals surface area contributed by atoms with Gasteiger partial charge in [-0.05, 0) is 62.8 Å². The first kappa shape index (κ1) is 23.9. The van der Waals surface area contributed by atoms with Crippen molar-refractivity contribution in [2.75, 3.05) is 24.7 Å². The predicted octanol–water partition coefficient (Wildman–Crippen LogP) is 5.19. The lowest BCUT2D eigenvalue weighted by Gasteiger charge is -2.30. The predicted molar refractivity (Wildman–Crippen MR) is 135 cm³/mol. The van der Waals surface area contributed by atoms with Crippen LogP contribution in [0.4, 0.5) is 5.13 Å². The van der Waals surface area contributed by atoms with Crippen molar-refractivity contribution in [3.05, 3.63) is 59.0 Å². The van der Waals surface area contributed by atoms with Crippen molar-refractivity contribution in [2.45, 2.75) is 36.5 Å². The second-order valence-corrected chi connectivity index (χ2v) is 11.9. The number of aryl methyl sites for hydroxylation is 2. The molecule has 0 radical (unpaired) electrons. The quantitative estimate of drug-likeness (QED) is 0.470. The van der Waals surface area contributed by atoms with Crippen LogP contribution in [0.15, 0.2) is 57.6 Å². The standard InChI is InChI=1S/C24H27N3O3S3/c1-16-4-9-21(17(2)14-16)22-15-32-24(25-22)26-23(28)18-10-12-27(13-11-18)33(29,30)20-7-5-19(31-3)6-8-20/h4-9,14-15,18H,10-13H2,1-3H3,(H,25,26,28). The van der Waals surface area contributed by atoms with Crippen LogP contribution in [-0.2, 0) is 14.8 Å². The number of rotatable bonds is 6. The highest BCUT2D eigenvalue weighted by atomic mass is 32.2. The lowest BCUT2D eigenvalue weighted by molar-refractivity contribution is -0.120. The summed E-state index contributed by atoms with van der Waals surface area (Å²) in [4.78, 5) is 18.7. The first-order valence-corrected chi connectivity index (χ1v) is 14.3. The van der Waals surface area contributed by atoms with E-state index < -0.39 is 10.0 Å². The van der Waals surface area contributed by atoms with E-state index in [4.69, 9.17) is 0 Å². The highest BCUT2D eigenvalue weighted by Crippen LogP contribution is 2.30. The average Bonchev–Trinajstić information content (AvgIpc) is 3.27. The number of nitrogens with one attached hydrogen (secondary N) is 1. The molecular weight excluding hydrogens is 474 g/mol. The molecular formula is C24H27N3O3S3. The molecule has 1 N–H and O–H groups in total. The van der Waals surface area contributed by atoms with Crippen LogP contribution < -0.4 is 5.32 Å². The summed E-state index contributed by atoms with van der Waals surface area (Å²) in [6.07, 6.45) is 2.93. The molecule has 9 heteroatoms. The van der Waals surface area contributed by atoms with E-state index in [2.05, 4.69) is 42.3 Å². The molecule has 2 heterocycles. The Balaban J connectivity index is 1.36. The van der Waals surface area contributed by atoms with E-state index in [0.717, 1.165) is 21.7 Å². The minimum Gasteiger partial charge on any atom is -0.302 e. The molecule has 1 fully saturated rings. The zero-order valence-corrected chi connectivity index (χ0v) is 21.3. The van der Waals surface area contributed by atoms with Gasteiger partial charge in [-0.15, -0.1) is 23.1 Å². The Bertz CT molecular complexity index is 1250. The molecule has 174 valence electrons. The maximum atomic E-state index is 13.0. The maximum absolute atomic E-state index is 13.0. The molecule has 3 aromatic rings. The molecule has 0 saturated carbocycles. The van der Waals surface area contributed by atoms with Gasteiger partial charge < -0.3 is 5.32 Å². The number of nitrogens with zero attached hydrogens (tertiary/aromatic N) is 2. The largest absolute Gasteiger partial charge is 0.302 e. The third-order valence-corrected chi connectivity index (χ3v) is 9.33. The fourth-order valence-electron chi connectivity index (χ4n) is 4.02.